The van der Waals surface area contributed by atoms with Crippen LogP contribution in [0.1, 0.15) is 16.8 Å². The first-order valence-electron chi connectivity index (χ1n) is 4.58. The second-order valence-electron chi connectivity index (χ2n) is 3.11. The van der Waals surface area contributed by atoms with Crippen molar-refractivity contribution in [2.75, 3.05) is 18.9 Å². The molecule has 0 fully saturated rings. The van der Waals surface area contributed by atoms with E-state index in [2.05, 4.69) is 21.2 Å². The van der Waals surface area contributed by atoms with Gasteiger partial charge in [-0.15, -0.1) is 0 Å². The van der Waals surface area contributed by atoms with E-state index in [0.29, 0.717) is 24.2 Å². The molecule has 0 heterocycles. The summed E-state index contributed by atoms with van der Waals surface area (Å²) in [5.41, 5.74) is 6.65. The van der Waals surface area contributed by atoms with E-state index in [1.54, 1.807) is 18.2 Å². The maximum atomic E-state index is 11.6. The van der Waals surface area contributed by atoms with E-state index >= 15 is 0 Å². The van der Waals surface area contributed by atoms with Crippen molar-refractivity contribution in [3.05, 3.63) is 28.2 Å². The summed E-state index contributed by atoms with van der Waals surface area (Å²) in [5, 5.41) is 11.2. The van der Waals surface area contributed by atoms with Crippen LogP contribution in [0.4, 0.5) is 5.69 Å². The molecule has 82 valence electrons. The highest BCUT2D eigenvalue weighted by Gasteiger charge is 2.06. The molecular weight excluding hydrogens is 260 g/mol. The number of hydrogen-bond acceptors (Lipinski definition) is 3. The highest BCUT2D eigenvalue weighted by Crippen LogP contribution is 2.17. The van der Waals surface area contributed by atoms with Crippen LogP contribution in [-0.2, 0) is 0 Å². The van der Waals surface area contributed by atoms with Crippen molar-refractivity contribution in [1.82, 2.24) is 5.32 Å². The van der Waals surface area contributed by atoms with Gasteiger partial charge in [-0.2, -0.15) is 0 Å². The van der Waals surface area contributed by atoms with Gasteiger partial charge in [-0.25, -0.2) is 0 Å². The molecule has 0 saturated carbocycles. The Hall–Kier alpha value is -1.07. The van der Waals surface area contributed by atoms with Gasteiger partial charge in [0.15, 0.2) is 0 Å². The molecule has 0 aliphatic rings. The fraction of sp³-hybridized carbons (Fsp3) is 0.300. The molecule has 0 aliphatic carbocycles. The molecule has 0 spiro atoms. The average Bonchev–Trinajstić information content (AvgIpc) is 2.16. The fourth-order valence-electron chi connectivity index (χ4n) is 1.13. The van der Waals surface area contributed by atoms with E-state index in [0.717, 1.165) is 4.47 Å². The number of amides is 1. The number of hydrogen-bond donors (Lipinski definition) is 3. The zero-order valence-corrected chi connectivity index (χ0v) is 9.75. The normalized spacial score (nSPS) is 10.0. The summed E-state index contributed by atoms with van der Waals surface area (Å²) in [5.74, 6) is -0.184. The second-order valence-corrected chi connectivity index (χ2v) is 4.02. The first-order valence-corrected chi connectivity index (χ1v) is 5.38. The van der Waals surface area contributed by atoms with Crippen molar-refractivity contribution >= 4 is 27.5 Å². The minimum Gasteiger partial charge on any atom is -0.399 e. The summed E-state index contributed by atoms with van der Waals surface area (Å²) in [7, 11) is 0. The van der Waals surface area contributed by atoms with Gasteiger partial charge in [0, 0.05) is 28.9 Å². The molecule has 0 aromatic heterocycles. The molecule has 1 rings (SSSR count). The van der Waals surface area contributed by atoms with Gasteiger partial charge in [0.25, 0.3) is 5.91 Å². The topological polar surface area (TPSA) is 75.4 Å². The summed E-state index contributed by atoms with van der Waals surface area (Å²) < 4.78 is 0.773. The number of anilines is 1. The lowest BCUT2D eigenvalue weighted by atomic mass is 10.2. The quantitative estimate of drug-likeness (QED) is 0.569. The lowest BCUT2D eigenvalue weighted by Crippen LogP contribution is -2.25. The third kappa shape index (κ3) is 3.89. The number of benzene rings is 1. The number of aliphatic hydroxyl groups excluding tert-OH is 1. The van der Waals surface area contributed by atoms with Crippen LogP contribution in [0.3, 0.4) is 0 Å². The predicted molar refractivity (Wildman–Crippen MR) is 62.6 cm³/mol. The van der Waals surface area contributed by atoms with E-state index in [1.165, 1.54) is 0 Å². The van der Waals surface area contributed by atoms with Crippen LogP contribution >= 0.6 is 15.9 Å². The summed E-state index contributed by atoms with van der Waals surface area (Å²) in [6.45, 7) is 0.530. The molecule has 0 radical (unpaired) electrons. The van der Waals surface area contributed by atoms with Crippen molar-refractivity contribution in [3.8, 4) is 0 Å². The molecule has 4 nitrogen and oxygen atoms in total. The van der Waals surface area contributed by atoms with E-state index < -0.39 is 0 Å². The molecule has 15 heavy (non-hydrogen) atoms. The molecule has 0 unspecified atom stereocenters. The summed E-state index contributed by atoms with van der Waals surface area (Å²) in [6, 6.07) is 5.04. The van der Waals surface area contributed by atoms with E-state index in [9.17, 15) is 4.79 Å². The monoisotopic (exact) mass is 272 g/mol. The van der Waals surface area contributed by atoms with E-state index in [1.807, 2.05) is 0 Å². The zero-order chi connectivity index (χ0) is 11.3. The molecule has 1 aromatic carbocycles. The molecule has 1 aromatic rings. The van der Waals surface area contributed by atoms with Crippen molar-refractivity contribution in [1.29, 1.82) is 0 Å². The number of nitrogen functional groups attached to an aromatic ring is 1. The minimum absolute atomic E-state index is 0.0703. The highest BCUT2D eigenvalue weighted by atomic mass is 79.9. The first kappa shape index (κ1) is 12.0. The smallest absolute Gasteiger partial charge is 0.251 e. The molecule has 5 heteroatoms. The number of nitrogens with one attached hydrogen (secondary N) is 1. The van der Waals surface area contributed by atoms with Gasteiger partial charge in [-0.05, 0) is 24.6 Å². The van der Waals surface area contributed by atoms with Crippen LogP contribution in [0.15, 0.2) is 22.7 Å². The number of halogens is 1. The molecule has 0 atom stereocenters. The van der Waals surface area contributed by atoms with E-state index in [4.69, 9.17) is 10.8 Å². The Morgan fingerprint density at radius 3 is 2.80 bits per heavy atom. The van der Waals surface area contributed by atoms with Gasteiger partial charge in [0.05, 0.1) is 0 Å². The van der Waals surface area contributed by atoms with Crippen LogP contribution in [0, 0.1) is 0 Å². The maximum absolute atomic E-state index is 11.6. The first-order chi connectivity index (χ1) is 7.13. The maximum Gasteiger partial charge on any atom is 0.251 e. The van der Waals surface area contributed by atoms with Crippen molar-refractivity contribution < 1.29 is 9.90 Å². The van der Waals surface area contributed by atoms with Gasteiger partial charge in [-0.1, -0.05) is 15.9 Å². The molecule has 0 aliphatic heterocycles. The van der Waals surface area contributed by atoms with Crippen LogP contribution in [0.25, 0.3) is 0 Å². The Bertz CT molecular complexity index is 335. The van der Waals surface area contributed by atoms with Crippen molar-refractivity contribution in [2.45, 2.75) is 6.42 Å². The number of carbonyl (C=O) groups excluding carboxylic acids is 1. The standard InChI is InChI=1S/C10H13BrN2O2/c11-8-4-7(5-9(12)6-8)10(15)13-2-1-3-14/h4-6,14H,1-3,12H2,(H,13,15). The molecular formula is C10H13BrN2O2. The molecule has 4 N–H and O–H groups in total. The second kappa shape index (κ2) is 5.72. The Kier molecular flexibility index (Phi) is 4.58. The van der Waals surface area contributed by atoms with Crippen LogP contribution in [-0.4, -0.2) is 24.2 Å². The molecule has 0 saturated heterocycles. The Morgan fingerprint density at radius 1 is 1.47 bits per heavy atom. The summed E-state index contributed by atoms with van der Waals surface area (Å²) in [6.07, 6.45) is 0.551. The molecule has 0 bridgehead atoms. The lowest BCUT2D eigenvalue weighted by molar-refractivity contribution is 0.0951. The third-order valence-electron chi connectivity index (χ3n) is 1.80. The Labute approximate surface area is 96.6 Å². The predicted octanol–water partition coefficient (Wildman–Crippen LogP) is 1.14. The van der Waals surface area contributed by atoms with Gasteiger partial charge in [-0.3, -0.25) is 4.79 Å². The number of rotatable bonds is 4. The fourth-order valence-corrected chi connectivity index (χ4v) is 1.64. The molecule has 1 amide bonds. The zero-order valence-electron chi connectivity index (χ0n) is 8.16. The summed E-state index contributed by atoms with van der Waals surface area (Å²) in [4.78, 5) is 11.6. The largest absolute Gasteiger partial charge is 0.399 e. The van der Waals surface area contributed by atoms with Crippen molar-refractivity contribution in [3.63, 3.8) is 0 Å². The minimum atomic E-state index is -0.184. The van der Waals surface area contributed by atoms with Crippen LogP contribution < -0.4 is 11.1 Å². The van der Waals surface area contributed by atoms with E-state index in [-0.39, 0.29) is 12.5 Å². The number of carbonyl (C=O) groups is 1. The Morgan fingerprint density at radius 2 is 2.20 bits per heavy atom. The number of aliphatic hydroxyl groups is 1. The number of nitrogens with two attached hydrogens (primary N) is 1. The summed E-state index contributed by atoms with van der Waals surface area (Å²) >= 11 is 3.26. The third-order valence-corrected chi connectivity index (χ3v) is 2.26. The lowest BCUT2D eigenvalue weighted by Gasteiger charge is -2.05. The van der Waals surface area contributed by atoms with Gasteiger partial charge >= 0.3 is 0 Å². The van der Waals surface area contributed by atoms with Crippen LogP contribution in [0.2, 0.25) is 0 Å². The van der Waals surface area contributed by atoms with Gasteiger partial charge in [0.1, 0.15) is 0 Å². The SMILES string of the molecule is Nc1cc(Br)cc(C(=O)NCCCO)c1. The Balaban J connectivity index is 2.65. The van der Waals surface area contributed by atoms with Gasteiger partial charge < -0.3 is 16.2 Å². The highest BCUT2D eigenvalue weighted by molar-refractivity contribution is 9.10. The van der Waals surface area contributed by atoms with Gasteiger partial charge in [0.2, 0.25) is 0 Å². The van der Waals surface area contributed by atoms with Crippen molar-refractivity contribution in [2.24, 2.45) is 0 Å². The average molecular weight is 273 g/mol. The van der Waals surface area contributed by atoms with Crippen LogP contribution in [0.5, 0.6) is 0 Å².